The van der Waals surface area contributed by atoms with Crippen LogP contribution in [0.1, 0.15) is 23.6 Å². The first-order valence-electron chi connectivity index (χ1n) is 8.41. The first kappa shape index (κ1) is 22.2. The molecule has 0 radical (unpaired) electrons. The van der Waals surface area contributed by atoms with Crippen molar-refractivity contribution in [1.29, 1.82) is 0 Å². The summed E-state index contributed by atoms with van der Waals surface area (Å²) in [7, 11) is 3.40. The van der Waals surface area contributed by atoms with E-state index in [1.165, 1.54) is 0 Å². The van der Waals surface area contributed by atoms with Crippen molar-refractivity contribution in [3.05, 3.63) is 45.5 Å². The number of nitrogens with one attached hydrogen (secondary N) is 2. The molecule has 1 aliphatic rings. The van der Waals surface area contributed by atoms with E-state index in [0.29, 0.717) is 23.2 Å². The number of fused-ring (bicyclic) bond motifs is 1. The summed E-state index contributed by atoms with van der Waals surface area (Å²) in [6.07, 6.45) is 1.84. The van der Waals surface area contributed by atoms with Gasteiger partial charge in [-0.15, -0.1) is 24.0 Å². The minimum Gasteiger partial charge on any atom is -0.377 e. The van der Waals surface area contributed by atoms with Crippen molar-refractivity contribution in [3.63, 3.8) is 0 Å². The van der Waals surface area contributed by atoms with E-state index in [9.17, 15) is 0 Å². The van der Waals surface area contributed by atoms with Gasteiger partial charge >= 0.3 is 0 Å². The molecule has 0 saturated carbocycles. The molecule has 1 atom stereocenters. The number of aromatic nitrogens is 3. The molecule has 0 amide bonds. The number of nitrogens with zero attached hydrogens (tertiary/aromatic N) is 4. The van der Waals surface area contributed by atoms with Gasteiger partial charge in [-0.05, 0) is 24.1 Å². The number of benzene rings is 1. The average molecular weight is 525 g/mol. The van der Waals surface area contributed by atoms with Gasteiger partial charge in [-0.3, -0.25) is 4.99 Å². The standard InChI is InChI=1S/C17H22Cl2N6O.HI/c1-20-17(21-8-11-3-4-12(18)7-14(11)19)22-13-5-6-16-23-15(10-26-2)24-25(16)9-13;/h3-4,7,13H,5-6,8-10H2,1-2H3,(H2,20,21,22);1H. The molecule has 2 N–H and O–H groups in total. The fourth-order valence-corrected chi connectivity index (χ4v) is 3.38. The predicted octanol–water partition coefficient (Wildman–Crippen LogP) is 3.03. The third-order valence-corrected chi connectivity index (χ3v) is 4.79. The summed E-state index contributed by atoms with van der Waals surface area (Å²) in [5, 5.41) is 12.5. The third-order valence-electron chi connectivity index (χ3n) is 4.20. The van der Waals surface area contributed by atoms with Crippen LogP contribution in [0.5, 0.6) is 0 Å². The number of hydrogen-bond donors (Lipinski definition) is 2. The number of ether oxygens (including phenoxy) is 1. The Morgan fingerprint density at radius 2 is 2.22 bits per heavy atom. The van der Waals surface area contributed by atoms with Crippen molar-refractivity contribution in [2.75, 3.05) is 14.2 Å². The van der Waals surface area contributed by atoms with Crippen molar-refractivity contribution in [3.8, 4) is 0 Å². The van der Waals surface area contributed by atoms with E-state index < -0.39 is 0 Å². The first-order valence-corrected chi connectivity index (χ1v) is 9.17. The summed E-state index contributed by atoms with van der Waals surface area (Å²) < 4.78 is 7.05. The number of halogens is 3. The number of aryl methyl sites for hydroxylation is 1. The lowest BCUT2D eigenvalue weighted by Gasteiger charge is -2.25. The van der Waals surface area contributed by atoms with Crippen LogP contribution in [0.3, 0.4) is 0 Å². The Morgan fingerprint density at radius 3 is 2.93 bits per heavy atom. The molecule has 3 rings (SSSR count). The van der Waals surface area contributed by atoms with Gasteiger partial charge < -0.3 is 15.4 Å². The summed E-state index contributed by atoms with van der Waals surface area (Å²) >= 11 is 12.2. The van der Waals surface area contributed by atoms with Gasteiger partial charge in [0.15, 0.2) is 11.8 Å². The van der Waals surface area contributed by atoms with E-state index in [-0.39, 0.29) is 30.0 Å². The van der Waals surface area contributed by atoms with Crippen LogP contribution in [0, 0.1) is 0 Å². The molecule has 2 heterocycles. The second-order valence-corrected chi connectivity index (χ2v) is 6.94. The van der Waals surface area contributed by atoms with E-state index in [0.717, 1.165) is 42.6 Å². The zero-order valence-corrected chi connectivity index (χ0v) is 19.0. The van der Waals surface area contributed by atoms with Gasteiger partial charge in [-0.2, -0.15) is 5.10 Å². The topological polar surface area (TPSA) is 76.4 Å². The maximum absolute atomic E-state index is 6.22. The lowest BCUT2D eigenvalue weighted by atomic mass is 10.1. The summed E-state index contributed by atoms with van der Waals surface area (Å²) in [4.78, 5) is 8.79. The van der Waals surface area contributed by atoms with Crippen molar-refractivity contribution < 1.29 is 4.74 Å². The highest BCUT2D eigenvalue weighted by Gasteiger charge is 2.22. The predicted molar refractivity (Wildman–Crippen MR) is 118 cm³/mol. The minimum absolute atomic E-state index is 0. The van der Waals surface area contributed by atoms with Crippen LogP contribution in [0.2, 0.25) is 10.0 Å². The second-order valence-electron chi connectivity index (χ2n) is 6.10. The van der Waals surface area contributed by atoms with Gasteiger partial charge in [-0.1, -0.05) is 29.3 Å². The zero-order chi connectivity index (χ0) is 18.5. The van der Waals surface area contributed by atoms with Gasteiger partial charge in [0, 0.05) is 43.2 Å². The van der Waals surface area contributed by atoms with E-state index in [4.69, 9.17) is 27.9 Å². The molecule has 1 unspecified atom stereocenters. The Kier molecular flexibility index (Phi) is 8.59. The Morgan fingerprint density at radius 1 is 1.41 bits per heavy atom. The molecule has 2 aromatic rings. The van der Waals surface area contributed by atoms with Gasteiger partial charge in [-0.25, -0.2) is 9.67 Å². The maximum atomic E-state index is 6.22. The Bertz CT molecular complexity index is 798. The molecule has 0 saturated heterocycles. The van der Waals surface area contributed by atoms with E-state index >= 15 is 0 Å². The molecule has 10 heteroatoms. The summed E-state index contributed by atoms with van der Waals surface area (Å²) in [5.41, 5.74) is 0.963. The Labute approximate surface area is 185 Å². The van der Waals surface area contributed by atoms with Crippen LogP contribution >= 0.6 is 47.2 Å². The summed E-state index contributed by atoms with van der Waals surface area (Å²) in [6, 6.07) is 5.70. The van der Waals surface area contributed by atoms with Crippen molar-refractivity contribution in [2.24, 2.45) is 4.99 Å². The molecule has 148 valence electrons. The quantitative estimate of drug-likeness (QED) is 0.357. The second kappa shape index (κ2) is 10.4. The molecule has 27 heavy (non-hydrogen) atoms. The van der Waals surface area contributed by atoms with Gasteiger partial charge in [0.25, 0.3) is 0 Å². The SMILES string of the molecule is CN=C(NCc1ccc(Cl)cc1Cl)NC1CCc2nc(COC)nn2C1.I. The molecular weight excluding hydrogens is 502 g/mol. The summed E-state index contributed by atoms with van der Waals surface area (Å²) in [6.45, 7) is 1.74. The van der Waals surface area contributed by atoms with Gasteiger partial charge in [0.1, 0.15) is 12.4 Å². The molecule has 0 aliphatic carbocycles. The maximum Gasteiger partial charge on any atom is 0.191 e. The van der Waals surface area contributed by atoms with Crippen LogP contribution in [0.25, 0.3) is 0 Å². The number of aliphatic imine (C=N–C) groups is 1. The smallest absolute Gasteiger partial charge is 0.191 e. The minimum atomic E-state index is 0. The van der Waals surface area contributed by atoms with Gasteiger partial charge in [0.2, 0.25) is 0 Å². The molecule has 1 aromatic carbocycles. The highest BCUT2D eigenvalue weighted by atomic mass is 127. The molecule has 1 aliphatic heterocycles. The van der Waals surface area contributed by atoms with Crippen LogP contribution in [0.15, 0.2) is 23.2 Å². The van der Waals surface area contributed by atoms with Crippen LogP contribution in [-0.4, -0.2) is 40.9 Å². The largest absolute Gasteiger partial charge is 0.377 e. The first-order chi connectivity index (χ1) is 12.6. The van der Waals surface area contributed by atoms with Crippen LogP contribution in [-0.2, 0) is 30.9 Å². The van der Waals surface area contributed by atoms with Crippen molar-refractivity contribution in [2.45, 2.75) is 38.6 Å². The number of rotatable bonds is 5. The van der Waals surface area contributed by atoms with Crippen molar-refractivity contribution >= 4 is 53.1 Å². The fourth-order valence-electron chi connectivity index (χ4n) is 2.90. The Balaban J connectivity index is 0.00000261. The molecule has 0 spiro atoms. The monoisotopic (exact) mass is 524 g/mol. The third kappa shape index (κ3) is 5.94. The van der Waals surface area contributed by atoms with Gasteiger partial charge in [0.05, 0.1) is 6.54 Å². The molecule has 7 nitrogen and oxygen atoms in total. The van der Waals surface area contributed by atoms with E-state index in [1.54, 1.807) is 20.2 Å². The number of guanidine groups is 1. The molecule has 0 bridgehead atoms. The Hall–Kier alpha value is -1.10. The van der Waals surface area contributed by atoms with Crippen LogP contribution < -0.4 is 10.6 Å². The van der Waals surface area contributed by atoms with Crippen molar-refractivity contribution in [1.82, 2.24) is 25.4 Å². The zero-order valence-electron chi connectivity index (χ0n) is 15.2. The summed E-state index contributed by atoms with van der Waals surface area (Å²) in [5.74, 6) is 2.45. The lowest BCUT2D eigenvalue weighted by molar-refractivity contribution is 0.177. The van der Waals surface area contributed by atoms with E-state index in [1.807, 2.05) is 16.8 Å². The normalized spacial score (nSPS) is 16.4. The highest BCUT2D eigenvalue weighted by molar-refractivity contribution is 14.0. The average Bonchev–Trinajstić information content (AvgIpc) is 3.01. The molecule has 0 fully saturated rings. The number of hydrogen-bond acceptors (Lipinski definition) is 4. The van der Waals surface area contributed by atoms with Crippen LogP contribution in [0.4, 0.5) is 0 Å². The fraction of sp³-hybridized carbons (Fsp3) is 0.471. The highest BCUT2D eigenvalue weighted by Crippen LogP contribution is 2.20. The molecular formula is C17H23Cl2IN6O. The lowest BCUT2D eigenvalue weighted by Crippen LogP contribution is -2.46. The number of methoxy groups -OCH3 is 1. The molecule has 1 aromatic heterocycles. The van der Waals surface area contributed by atoms with E-state index in [2.05, 4.69) is 25.7 Å².